The molecular weight excluding hydrogens is 259 g/mol. The van der Waals surface area contributed by atoms with Gasteiger partial charge in [-0.1, -0.05) is 11.2 Å². The average molecular weight is 278 g/mol. The van der Waals surface area contributed by atoms with E-state index in [1.807, 2.05) is 33.9 Å². The predicted octanol–water partition coefficient (Wildman–Crippen LogP) is 3.29. The summed E-state index contributed by atoms with van der Waals surface area (Å²) in [5.74, 6) is 0.566. The SMILES string of the molecule is CNC(C)c1ccc(OCc2c(C)noc2C)c(F)c1. The Morgan fingerprint density at radius 2 is 2.15 bits per heavy atom. The molecule has 0 aliphatic heterocycles. The van der Waals surface area contributed by atoms with Crippen molar-refractivity contribution in [3.63, 3.8) is 0 Å². The first kappa shape index (κ1) is 14.5. The molecule has 0 aliphatic rings. The minimum Gasteiger partial charge on any atom is -0.486 e. The molecule has 2 rings (SSSR count). The van der Waals surface area contributed by atoms with Crippen LogP contribution in [0.1, 0.15) is 35.5 Å². The molecule has 1 atom stereocenters. The highest BCUT2D eigenvalue weighted by Gasteiger charge is 2.12. The molecule has 1 aromatic heterocycles. The monoisotopic (exact) mass is 278 g/mol. The Morgan fingerprint density at radius 3 is 2.70 bits per heavy atom. The second-order valence-corrected chi connectivity index (χ2v) is 4.79. The highest BCUT2D eigenvalue weighted by molar-refractivity contribution is 5.31. The van der Waals surface area contributed by atoms with Crippen molar-refractivity contribution < 1.29 is 13.7 Å². The number of halogens is 1. The van der Waals surface area contributed by atoms with Crippen molar-refractivity contribution in [3.8, 4) is 5.75 Å². The second-order valence-electron chi connectivity index (χ2n) is 4.79. The van der Waals surface area contributed by atoms with Gasteiger partial charge in [0.05, 0.1) is 11.3 Å². The first-order valence-corrected chi connectivity index (χ1v) is 6.54. The summed E-state index contributed by atoms with van der Waals surface area (Å²) in [6, 6.07) is 5.09. The molecule has 0 spiro atoms. The smallest absolute Gasteiger partial charge is 0.165 e. The molecule has 2 aromatic rings. The lowest BCUT2D eigenvalue weighted by Gasteiger charge is -2.12. The topological polar surface area (TPSA) is 47.3 Å². The van der Waals surface area contributed by atoms with E-state index in [4.69, 9.17) is 9.26 Å². The predicted molar refractivity (Wildman–Crippen MR) is 74.2 cm³/mol. The van der Waals surface area contributed by atoms with Crippen molar-refractivity contribution in [1.29, 1.82) is 0 Å². The average Bonchev–Trinajstić information content (AvgIpc) is 2.76. The minimum atomic E-state index is -0.364. The Hall–Kier alpha value is -1.88. The quantitative estimate of drug-likeness (QED) is 0.911. The van der Waals surface area contributed by atoms with Gasteiger partial charge in [0.2, 0.25) is 0 Å². The molecule has 0 radical (unpaired) electrons. The van der Waals surface area contributed by atoms with Crippen LogP contribution in [0.25, 0.3) is 0 Å². The van der Waals surface area contributed by atoms with Gasteiger partial charge in [0.25, 0.3) is 0 Å². The first-order chi connectivity index (χ1) is 9.52. The number of hydrogen-bond donors (Lipinski definition) is 1. The third kappa shape index (κ3) is 2.99. The van der Waals surface area contributed by atoms with E-state index in [1.54, 1.807) is 6.07 Å². The van der Waals surface area contributed by atoms with Crippen LogP contribution >= 0.6 is 0 Å². The molecule has 1 heterocycles. The van der Waals surface area contributed by atoms with Gasteiger partial charge >= 0.3 is 0 Å². The number of nitrogens with zero attached hydrogens (tertiary/aromatic N) is 1. The van der Waals surface area contributed by atoms with Crippen LogP contribution in [0.3, 0.4) is 0 Å². The summed E-state index contributed by atoms with van der Waals surface area (Å²) < 4.78 is 24.5. The van der Waals surface area contributed by atoms with Gasteiger partial charge in [0.15, 0.2) is 11.6 Å². The third-order valence-corrected chi connectivity index (χ3v) is 3.44. The van der Waals surface area contributed by atoms with Crippen molar-refractivity contribution in [1.82, 2.24) is 10.5 Å². The largest absolute Gasteiger partial charge is 0.486 e. The summed E-state index contributed by atoms with van der Waals surface area (Å²) in [6.07, 6.45) is 0. The number of aromatic nitrogens is 1. The van der Waals surface area contributed by atoms with Crippen LogP contribution in [0.2, 0.25) is 0 Å². The van der Waals surface area contributed by atoms with Crippen molar-refractivity contribution in [3.05, 3.63) is 46.6 Å². The number of rotatable bonds is 5. The second kappa shape index (κ2) is 6.05. The standard InChI is InChI=1S/C15H19FN2O2/c1-9(17-4)12-5-6-15(14(16)7-12)19-8-13-10(2)18-20-11(13)3/h5-7,9,17H,8H2,1-4H3. The van der Waals surface area contributed by atoms with Crippen molar-refractivity contribution in [2.24, 2.45) is 0 Å². The Balaban J connectivity index is 2.11. The zero-order valence-electron chi connectivity index (χ0n) is 12.2. The zero-order chi connectivity index (χ0) is 14.7. The van der Waals surface area contributed by atoms with Crippen LogP contribution in [0.5, 0.6) is 5.75 Å². The highest BCUT2D eigenvalue weighted by Crippen LogP contribution is 2.23. The third-order valence-electron chi connectivity index (χ3n) is 3.44. The molecular formula is C15H19FN2O2. The van der Waals surface area contributed by atoms with Crippen molar-refractivity contribution in [2.45, 2.75) is 33.4 Å². The van der Waals surface area contributed by atoms with Crippen LogP contribution in [0.15, 0.2) is 22.7 Å². The van der Waals surface area contributed by atoms with E-state index in [0.29, 0.717) is 5.76 Å². The van der Waals surface area contributed by atoms with Gasteiger partial charge in [-0.15, -0.1) is 0 Å². The van der Waals surface area contributed by atoms with Gasteiger partial charge in [-0.2, -0.15) is 0 Å². The lowest BCUT2D eigenvalue weighted by molar-refractivity contribution is 0.286. The fourth-order valence-corrected chi connectivity index (χ4v) is 1.93. The minimum absolute atomic E-state index is 0.0983. The summed E-state index contributed by atoms with van der Waals surface area (Å²) >= 11 is 0. The summed E-state index contributed by atoms with van der Waals surface area (Å²) in [4.78, 5) is 0. The lowest BCUT2D eigenvalue weighted by Crippen LogP contribution is -2.12. The van der Waals surface area contributed by atoms with E-state index in [0.717, 1.165) is 16.8 Å². The van der Waals surface area contributed by atoms with Crippen LogP contribution in [0, 0.1) is 19.7 Å². The van der Waals surface area contributed by atoms with Crippen LogP contribution in [-0.4, -0.2) is 12.2 Å². The maximum Gasteiger partial charge on any atom is 0.165 e. The zero-order valence-corrected chi connectivity index (χ0v) is 12.2. The van der Waals surface area contributed by atoms with E-state index in [2.05, 4.69) is 10.5 Å². The fraction of sp³-hybridized carbons (Fsp3) is 0.400. The molecule has 108 valence electrons. The summed E-state index contributed by atoms with van der Waals surface area (Å²) in [5.41, 5.74) is 2.51. The van der Waals surface area contributed by atoms with Gasteiger partial charge in [-0.05, 0) is 45.5 Å². The number of benzene rings is 1. The Bertz CT molecular complexity index is 576. The number of nitrogens with one attached hydrogen (secondary N) is 1. The Labute approximate surface area is 117 Å². The van der Waals surface area contributed by atoms with Crippen molar-refractivity contribution >= 4 is 0 Å². The number of aryl methyl sites for hydroxylation is 2. The van der Waals surface area contributed by atoms with Crippen LogP contribution < -0.4 is 10.1 Å². The van der Waals surface area contributed by atoms with E-state index in [-0.39, 0.29) is 24.2 Å². The van der Waals surface area contributed by atoms with Crippen LogP contribution in [-0.2, 0) is 6.61 Å². The van der Waals surface area contributed by atoms with Crippen molar-refractivity contribution in [2.75, 3.05) is 7.05 Å². The van der Waals surface area contributed by atoms with Gasteiger partial charge in [0.1, 0.15) is 12.4 Å². The maximum atomic E-state index is 14.0. The molecule has 20 heavy (non-hydrogen) atoms. The Morgan fingerprint density at radius 1 is 1.40 bits per heavy atom. The van der Waals surface area contributed by atoms with Gasteiger partial charge < -0.3 is 14.6 Å². The molecule has 1 unspecified atom stereocenters. The maximum absolute atomic E-state index is 14.0. The summed E-state index contributed by atoms with van der Waals surface area (Å²) in [5, 5.41) is 6.91. The lowest BCUT2D eigenvalue weighted by atomic mass is 10.1. The molecule has 0 fully saturated rings. The molecule has 0 saturated heterocycles. The van der Waals surface area contributed by atoms with Gasteiger partial charge in [-0.3, -0.25) is 0 Å². The van der Waals surface area contributed by atoms with E-state index >= 15 is 0 Å². The highest BCUT2D eigenvalue weighted by atomic mass is 19.1. The van der Waals surface area contributed by atoms with Crippen LogP contribution in [0.4, 0.5) is 4.39 Å². The molecule has 1 N–H and O–H groups in total. The molecule has 0 amide bonds. The number of ether oxygens (including phenoxy) is 1. The normalized spacial score (nSPS) is 12.4. The van der Waals surface area contributed by atoms with E-state index in [9.17, 15) is 4.39 Å². The van der Waals surface area contributed by atoms with E-state index in [1.165, 1.54) is 6.07 Å². The van der Waals surface area contributed by atoms with Gasteiger partial charge in [0, 0.05) is 6.04 Å². The molecule has 5 heteroatoms. The fourth-order valence-electron chi connectivity index (χ4n) is 1.93. The summed E-state index contributed by atoms with van der Waals surface area (Å²) in [7, 11) is 1.84. The van der Waals surface area contributed by atoms with E-state index < -0.39 is 0 Å². The van der Waals surface area contributed by atoms with Gasteiger partial charge in [-0.25, -0.2) is 4.39 Å². The molecule has 0 saturated carbocycles. The number of hydrogen-bond acceptors (Lipinski definition) is 4. The molecule has 4 nitrogen and oxygen atoms in total. The molecule has 1 aromatic carbocycles. The summed E-state index contributed by atoms with van der Waals surface area (Å²) in [6.45, 7) is 5.87. The first-order valence-electron chi connectivity index (χ1n) is 6.54. The molecule has 0 aliphatic carbocycles. The molecule has 0 bridgehead atoms. The Kier molecular flexibility index (Phi) is 4.39.